The highest BCUT2D eigenvalue weighted by Crippen LogP contribution is 2.13. The molecule has 0 aromatic heterocycles. The molecule has 0 fully saturated rings. The molecule has 0 aliphatic carbocycles. The number of esters is 2. The Morgan fingerprint density at radius 3 is 1.89 bits per heavy atom. The Hall–Kier alpha value is -1.18. The van der Waals surface area contributed by atoms with Crippen LogP contribution in [0.1, 0.15) is 33.6 Å². The molecule has 0 aromatic rings. The van der Waals surface area contributed by atoms with Crippen LogP contribution in [0.3, 0.4) is 0 Å². The van der Waals surface area contributed by atoms with Gasteiger partial charge in [0, 0.05) is 12.8 Å². The lowest BCUT2D eigenvalue weighted by atomic mass is 10.0. The van der Waals surface area contributed by atoms with E-state index in [4.69, 9.17) is 14.6 Å². The van der Waals surface area contributed by atoms with E-state index in [1.165, 1.54) is 6.92 Å². The number of carbonyl (C=O) groups is 2. The Balaban J connectivity index is 4.78. The lowest BCUT2D eigenvalue weighted by Gasteiger charge is -2.29. The second kappa shape index (κ2) is 8.84. The number of hydrogen-bond donors (Lipinski definition) is 3. The summed E-state index contributed by atoms with van der Waals surface area (Å²) in [6, 6.07) is 0. The van der Waals surface area contributed by atoms with Crippen LogP contribution in [0.5, 0.6) is 0 Å². The zero-order chi connectivity index (χ0) is 15.0. The van der Waals surface area contributed by atoms with E-state index in [-0.39, 0.29) is 12.8 Å². The van der Waals surface area contributed by atoms with Crippen molar-refractivity contribution in [1.82, 2.24) is 0 Å². The van der Waals surface area contributed by atoms with Gasteiger partial charge in [-0.3, -0.25) is 9.59 Å². The summed E-state index contributed by atoms with van der Waals surface area (Å²) in [7, 11) is 0. The van der Waals surface area contributed by atoms with Crippen molar-refractivity contribution in [3.63, 3.8) is 0 Å². The summed E-state index contributed by atoms with van der Waals surface area (Å²) in [5, 5.41) is 28.6. The van der Waals surface area contributed by atoms with Gasteiger partial charge in [0.1, 0.15) is 6.10 Å². The molecule has 0 spiro atoms. The molecule has 0 radical (unpaired) electrons. The zero-order valence-electron chi connectivity index (χ0n) is 11.4. The van der Waals surface area contributed by atoms with E-state index in [2.05, 4.69) is 0 Å². The van der Waals surface area contributed by atoms with Crippen molar-refractivity contribution in [2.45, 2.75) is 58.0 Å². The normalized spacial score (nSPS) is 17.2. The van der Waals surface area contributed by atoms with Crippen LogP contribution >= 0.6 is 0 Å². The number of rotatable bonds is 8. The molecular weight excluding hydrogens is 256 g/mol. The van der Waals surface area contributed by atoms with Crippen molar-refractivity contribution in [1.29, 1.82) is 0 Å². The van der Waals surface area contributed by atoms with Crippen molar-refractivity contribution >= 4 is 11.9 Å². The summed E-state index contributed by atoms with van der Waals surface area (Å²) in [6.45, 7) is 3.81. The van der Waals surface area contributed by atoms with Gasteiger partial charge in [0.05, 0.1) is 12.7 Å². The Morgan fingerprint density at radius 1 is 1.05 bits per heavy atom. The SMILES string of the molecule is CCC(=O)OC(CO)C(O)C(OC(=O)CC)C(C)O. The fraction of sp³-hybridized carbons (Fsp3) is 0.833. The summed E-state index contributed by atoms with van der Waals surface area (Å²) >= 11 is 0. The molecule has 0 aromatic carbocycles. The first kappa shape index (κ1) is 17.8. The monoisotopic (exact) mass is 278 g/mol. The van der Waals surface area contributed by atoms with Crippen LogP contribution in [0.4, 0.5) is 0 Å². The molecule has 7 heteroatoms. The summed E-state index contributed by atoms with van der Waals surface area (Å²) in [5.41, 5.74) is 0. The minimum atomic E-state index is -1.50. The molecule has 112 valence electrons. The van der Waals surface area contributed by atoms with Crippen molar-refractivity contribution < 1.29 is 34.4 Å². The third-order valence-electron chi connectivity index (χ3n) is 2.50. The first-order chi connectivity index (χ1) is 8.87. The largest absolute Gasteiger partial charge is 0.457 e. The molecular formula is C12H22O7. The predicted octanol–water partition coefficient (Wildman–Crippen LogP) is -0.636. The average Bonchev–Trinajstić information content (AvgIpc) is 2.40. The third-order valence-corrected chi connectivity index (χ3v) is 2.50. The molecule has 0 heterocycles. The quantitative estimate of drug-likeness (QED) is 0.506. The van der Waals surface area contributed by atoms with Crippen molar-refractivity contribution in [3.05, 3.63) is 0 Å². The van der Waals surface area contributed by atoms with Gasteiger partial charge >= 0.3 is 11.9 Å². The Morgan fingerprint density at radius 2 is 1.53 bits per heavy atom. The van der Waals surface area contributed by atoms with Crippen LogP contribution in [-0.4, -0.2) is 58.3 Å². The van der Waals surface area contributed by atoms with Gasteiger partial charge in [-0.15, -0.1) is 0 Å². The second-order valence-corrected chi connectivity index (χ2v) is 4.10. The molecule has 19 heavy (non-hydrogen) atoms. The van der Waals surface area contributed by atoms with Crippen LogP contribution in [0.15, 0.2) is 0 Å². The van der Waals surface area contributed by atoms with E-state index in [0.29, 0.717) is 0 Å². The minimum absolute atomic E-state index is 0.0779. The maximum atomic E-state index is 11.2. The average molecular weight is 278 g/mol. The molecule has 0 saturated heterocycles. The molecule has 0 saturated carbocycles. The highest BCUT2D eigenvalue weighted by atomic mass is 16.6. The Labute approximate surface area is 112 Å². The fourth-order valence-corrected chi connectivity index (χ4v) is 1.37. The topological polar surface area (TPSA) is 113 Å². The standard InChI is InChI=1S/C12H22O7/c1-4-9(15)18-8(6-13)11(17)12(7(3)14)19-10(16)5-2/h7-8,11-14,17H,4-6H2,1-3H3. The van der Waals surface area contributed by atoms with E-state index >= 15 is 0 Å². The summed E-state index contributed by atoms with van der Waals surface area (Å²) in [5.74, 6) is -1.22. The van der Waals surface area contributed by atoms with Gasteiger partial charge in [-0.1, -0.05) is 13.8 Å². The number of carbonyl (C=O) groups excluding carboxylic acids is 2. The van der Waals surface area contributed by atoms with E-state index in [0.717, 1.165) is 0 Å². The first-order valence-corrected chi connectivity index (χ1v) is 6.23. The molecule has 4 atom stereocenters. The highest BCUT2D eigenvalue weighted by Gasteiger charge is 2.35. The molecule has 0 bridgehead atoms. The number of aliphatic hydroxyl groups is 3. The second-order valence-electron chi connectivity index (χ2n) is 4.10. The Kier molecular flexibility index (Phi) is 8.29. The fourth-order valence-electron chi connectivity index (χ4n) is 1.37. The van der Waals surface area contributed by atoms with Crippen molar-refractivity contribution in [2.24, 2.45) is 0 Å². The smallest absolute Gasteiger partial charge is 0.305 e. The maximum absolute atomic E-state index is 11.2. The predicted molar refractivity (Wildman–Crippen MR) is 65.1 cm³/mol. The number of hydrogen-bond acceptors (Lipinski definition) is 7. The summed E-state index contributed by atoms with van der Waals surface area (Å²) < 4.78 is 9.70. The summed E-state index contributed by atoms with van der Waals surface area (Å²) in [6.07, 6.45) is -5.03. The lowest BCUT2D eigenvalue weighted by Crippen LogP contribution is -2.49. The first-order valence-electron chi connectivity index (χ1n) is 6.23. The zero-order valence-corrected chi connectivity index (χ0v) is 11.4. The van der Waals surface area contributed by atoms with E-state index in [9.17, 15) is 19.8 Å². The van der Waals surface area contributed by atoms with E-state index in [1.807, 2.05) is 0 Å². The maximum Gasteiger partial charge on any atom is 0.305 e. The molecule has 0 aliphatic rings. The number of ether oxygens (including phenoxy) is 2. The molecule has 7 nitrogen and oxygen atoms in total. The Bertz CT molecular complexity index is 290. The molecule has 3 N–H and O–H groups in total. The molecule has 0 aliphatic heterocycles. The van der Waals surface area contributed by atoms with Gasteiger partial charge < -0.3 is 24.8 Å². The van der Waals surface area contributed by atoms with Crippen LogP contribution in [0, 0.1) is 0 Å². The van der Waals surface area contributed by atoms with Gasteiger partial charge in [0.25, 0.3) is 0 Å². The van der Waals surface area contributed by atoms with Crippen molar-refractivity contribution in [3.8, 4) is 0 Å². The highest BCUT2D eigenvalue weighted by molar-refractivity contribution is 5.69. The van der Waals surface area contributed by atoms with Gasteiger partial charge in [-0.05, 0) is 6.92 Å². The third kappa shape index (κ3) is 6.00. The van der Waals surface area contributed by atoms with Crippen molar-refractivity contribution in [2.75, 3.05) is 6.61 Å². The molecule has 0 rings (SSSR count). The molecule has 0 amide bonds. The van der Waals surface area contributed by atoms with Gasteiger partial charge in [0.15, 0.2) is 12.2 Å². The summed E-state index contributed by atoms with van der Waals surface area (Å²) in [4.78, 5) is 22.3. The van der Waals surface area contributed by atoms with E-state index in [1.54, 1.807) is 13.8 Å². The van der Waals surface area contributed by atoms with Crippen LogP contribution in [0.2, 0.25) is 0 Å². The minimum Gasteiger partial charge on any atom is -0.457 e. The van der Waals surface area contributed by atoms with Crippen LogP contribution < -0.4 is 0 Å². The van der Waals surface area contributed by atoms with E-state index < -0.39 is 43.0 Å². The molecule has 4 unspecified atom stereocenters. The van der Waals surface area contributed by atoms with Crippen LogP contribution in [0.25, 0.3) is 0 Å². The van der Waals surface area contributed by atoms with Gasteiger partial charge in [-0.2, -0.15) is 0 Å². The lowest BCUT2D eigenvalue weighted by molar-refractivity contribution is -0.182. The van der Waals surface area contributed by atoms with Gasteiger partial charge in [0.2, 0.25) is 0 Å². The number of aliphatic hydroxyl groups excluding tert-OH is 3. The van der Waals surface area contributed by atoms with Crippen LogP contribution in [-0.2, 0) is 19.1 Å². The van der Waals surface area contributed by atoms with Gasteiger partial charge in [-0.25, -0.2) is 0 Å².